The summed E-state index contributed by atoms with van der Waals surface area (Å²) in [6.45, 7) is 2.99. The maximum Gasteiger partial charge on any atom is 0.419 e. The Hall–Kier alpha value is -2.32. The standard InChI is InChI=1S/C17H15N3O3S2/c1-2-19-15(21)14-11(7-9-24-14)18-16(19)25-10-8-20-12-5-3-4-6-13(12)23-17(20)22/h3-7,9H,2,8,10H2,1H3. The molecule has 25 heavy (non-hydrogen) atoms. The number of benzene rings is 1. The van der Waals surface area contributed by atoms with Crippen molar-refractivity contribution >= 4 is 44.4 Å². The van der Waals surface area contributed by atoms with Gasteiger partial charge in [-0.1, -0.05) is 23.9 Å². The molecule has 0 aliphatic carbocycles. The lowest BCUT2D eigenvalue weighted by Gasteiger charge is -2.09. The Morgan fingerprint density at radius 3 is 2.88 bits per heavy atom. The zero-order valence-electron chi connectivity index (χ0n) is 13.5. The van der Waals surface area contributed by atoms with Crippen LogP contribution in [0.1, 0.15) is 6.92 Å². The SMILES string of the molecule is CCn1c(SCCn2c(=O)oc3ccccc32)nc2ccsc2c1=O. The van der Waals surface area contributed by atoms with Crippen LogP contribution in [0.5, 0.6) is 0 Å². The minimum Gasteiger partial charge on any atom is -0.408 e. The molecule has 1 aromatic carbocycles. The summed E-state index contributed by atoms with van der Waals surface area (Å²) in [7, 11) is 0. The maximum atomic E-state index is 12.5. The average molecular weight is 373 g/mol. The second kappa shape index (κ2) is 6.53. The second-order valence-corrected chi connectivity index (χ2v) is 7.39. The molecular formula is C17H15N3O3S2. The van der Waals surface area contributed by atoms with Crippen molar-refractivity contribution in [2.45, 2.75) is 25.2 Å². The summed E-state index contributed by atoms with van der Waals surface area (Å²) >= 11 is 2.89. The Morgan fingerprint density at radius 2 is 2.04 bits per heavy atom. The average Bonchev–Trinajstić information content (AvgIpc) is 3.20. The number of oxazole rings is 1. The van der Waals surface area contributed by atoms with Crippen LogP contribution in [0.3, 0.4) is 0 Å². The summed E-state index contributed by atoms with van der Waals surface area (Å²) in [6, 6.07) is 9.22. The number of thiophene rings is 1. The first-order valence-electron chi connectivity index (χ1n) is 7.88. The summed E-state index contributed by atoms with van der Waals surface area (Å²) < 4.78 is 9.22. The number of para-hydroxylation sites is 2. The number of hydrogen-bond donors (Lipinski definition) is 0. The van der Waals surface area contributed by atoms with Crippen molar-refractivity contribution in [3.8, 4) is 0 Å². The second-order valence-electron chi connectivity index (χ2n) is 5.41. The summed E-state index contributed by atoms with van der Waals surface area (Å²) in [5.41, 5.74) is 2.09. The Kier molecular flexibility index (Phi) is 4.22. The van der Waals surface area contributed by atoms with Crippen molar-refractivity contribution in [1.82, 2.24) is 14.1 Å². The molecule has 0 unspecified atom stereocenters. The fourth-order valence-corrected chi connectivity index (χ4v) is 4.53. The minimum absolute atomic E-state index is 0.00377. The first kappa shape index (κ1) is 16.2. The molecular weight excluding hydrogens is 358 g/mol. The van der Waals surface area contributed by atoms with E-state index in [0.29, 0.717) is 34.3 Å². The maximum absolute atomic E-state index is 12.5. The van der Waals surface area contributed by atoms with Gasteiger partial charge >= 0.3 is 5.76 Å². The molecule has 0 saturated heterocycles. The summed E-state index contributed by atoms with van der Waals surface area (Å²) in [4.78, 5) is 29.1. The van der Waals surface area contributed by atoms with Gasteiger partial charge in [-0.05, 0) is 30.5 Å². The predicted octanol–water partition coefficient (Wildman–Crippen LogP) is 3.18. The van der Waals surface area contributed by atoms with E-state index in [0.717, 1.165) is 11.0 Å². The van der Waals surface area contributed by atoms with Crippen LogP contribution in [-0.2, 0) is 13.1 Å². The summed E-state index contributed by atoms with van der Waals surface area (Å²) in [5, 5.41) is 2.56. The third-order valence-corrected chi connectivity index (χ3v) is 5.82. The molecule has 0 amide bonds. The van der Waals surface area contributed by atoms with E-state index in [4.69, 9.17) is 4.42 Å². The number of thioether (sulfide) groups is 1. The van der Waals surface area contributed by atoms with Crippen molar-refractivity contribution in [2.24, 2.45) is 0 Å². The molecule has 0 aliphatic rings. The van der Waals surface area contributed by atoms with E-state index in [1.54, 1.807) is 15.2 Å². The molecule has 3 aromatic heterocycles. The van der Waals surface area contributed by atoms with Crippen molar-refractivity contribution in [2.75, 3.05) is 5.75 Å². The lowest BCUT2D eigenvalue weighted by molar-refractivity contribution is 0.514. The number of hydrogen-bond acceptors (Lipinski definition) is 6. The predicted molar refractivity (Wildman–Crippen MR) is 101 cm³/mol. The fraction of sp³-hybridized carbons (Fsp3) is 0.235. The Labute approximate surface area is 150 Å². The number of aryl methyl sites for hydroxylation is 1. The van der Waals surface area contributed by atoms with E-state index in [9.17, 15) is 9.59 Å². The van der Waals surface area contributed by atoms with E-state index in [1.807, 2.05) is 36.6 Å². The van der Waals surface area contributed by atoms with Crippen molar-refractivity contribution < 1.29 is 4.42 Å². The minimum atomic E-state index is -0.365. The lowest BCUT2D eigenvalue weighted by Crippen LogP contribution is -2.22. The molecule has 0 saturated carbocycles. The van der Waals surface area contributed by atoms with E-state index in [-0.39, 0.29) is 11.3 Å². The summed E-state index contributed by atoms with van der Waals surface area (Å²) in [6.07, 6.45) is 0. The fourth-order valence-electron chi connectivity index (χ4n) is 2.77. The monoisotopic (exact) mass is 373 g/mol. The molecule has 4 aromatic rings. The smallest absolute Gasteiger partial charge is 0.408 e. The van der Waals surface area contributed by atoms with Gasteiger partial charge in [-0.25, -0.2) is 9.78 Å². The van der Waals surface area contributed by atoms with Crippen molar-refractivity contribution in [3.05, 3.63) is 56.6 Å². The zero-order chi connectivity index (χ0) is 17.4. The quantitative estimate of drug-likeness (QED) is 0.397. The molecule has 128 valence electrons. The van der Waals surface area contributed by atoms with Gasteiger partial charge in [0.05, 0.1) is 11.0 Å². The van der Waals surface area contributed by atoms with Gasteiger partial charge in [-0.3, -0.25) is 13.9 Å². The molecule has 0 bridgehead atoms. The van der Waals surface area contributed by atoms with Crippen LogP contribution in [-0.4, -0.2) is 19.9 Å². The largest absolute Gasteiger partial charge is 0.419 e. The zero-order valence-corrected chi connectivity index (χ0v) is 15.1. The Balaban J connectivity index is 1.61. The normalized spacial score (nSPS) is 11.6. The van der Waals surface area contributed by atoms with Crippen LogP contribution < -0.4 is 11.3 Å². The highest BCUT2D eigenvalue weighted by Crippen LogP contribution is 2.21. The van der Waals surface area contributed by atoms with Crippen molar-refractivity contribution in [1.29, 1.82) is 0 Å². The first-order chi connectivity index (χ1) is 12.2. The van der Waals surface area contributed by atoms with Crippen LogP contribution in [0, 0.1) is 0 Å². The third kappa shape index (κ3) is 2.81. The number of rotatable bonds is 5. The third-order valence-electron chi connectivity index (χ3n) is 3.97. The van der Waals surface area contributed by atoms with E-state index in [1.165, 1.54) is 23.1 Å². The van der Waals surface area contributed by atoms with Crippen LogP contribution in [0.4, 0.5) is 0 Å². The highest BCUT2D eigenvalue weighted by molar-refractivity contribution is 7.99. The number of fused-ring (bicyclic) bond motifs is 2. The van der Waals surface area contributed by atoms with Crippen LogP contribution >= 0.6 is 23.1 Å². The highest BCUT2D eigenvalue weighted by Gasteiger charge is 2.13. The molecule has 0 aliphatic heterocycles. The van der Waals surface area contributed by atoms with Gasteiger partial charge in [0.15, 0.2) is 10.7 Å². The van der Waals surface area contributed by atoms with Gasteiger partial charge in [0.1, 0.15) is 4.70 Å². The van der Waals surface area contributed by atoms with Crippen LogP contribution in [0.15, 0.2) is 54.9 Å². The summed E-state index contributed by atoms with van der Waals surface area (Å²) in [5.74, 6) is 0.252. The highest BCUT2D eigenvalue weighted by atomic mass is 32.2. The molecule has 0 fully saturated rings. The van der Waals surface area contributed by atoms with Gasteiger partial charge < -0.3 is 4.42 Å². The molecule has 4 rings (SSSR count). The van der Waals surface area contributed by atoms with Crippen LogP contribution in [0.25, 0.3) is 21.3 Å². The van der Waals surface area contributed by atoms with Gasteiger partial charge in [0.2, 0.25) is 0 Å². The molecule has 3 heterocycles. The topological polar surface area (TPSA) is 70.0 Å². The van der Waals surface area contributed by atoms with Crippen molar-refractivity contribution in [3.63, 3.8) is 0 Å². The van der Waals surface area contributed by atoms with E-state index in [2.05, 4.69) is 4.98 Å². The van der Waals surface area contributed by atoms with Gasteiger partial charge in [-0.2, -0.15) is 0 Å². The number of aromatic nitrogens is 3. The van der Waals surface area contributed by atoms with E-state index < -0.39 is 0 Å². The van der Waals surface area contributed by atoms with Gasteiger partial charge in [0, 0.05) is 18.8 Å². The molecule has 6 nitrogen and oxygen atoms in total. The molecule has 0 radical (unpaired) electrons. The lowest BCUT2D eigenvalue weighted by atomic mass is 10.3. The molecule has 8 heteroatoms. The molecule has 0 spiro atoms. The van der Waals surface area contributed by atoms with E-state index >= 15 is 0 Å². The molecule has 0 N–H and O–H groups in total. The number of nitrogens with zero attached hydrogens (tertiary/aromatic N) is 3. The molecule has 0 atom stereocenters. The van der Waals surface area contributed by atoms with Gasteiger partial charge in [-0.15, -0.1) is 11.3 Å². The Bertz CT molecular complexity index is 1170. The Morgan fingerprint density at radius 1 is 1.20 bits per heavy atom. The van der Waals surface area contributed by atoms with Crippen LogP contribution in [0.2, 0.25) is 0 Å². The first-order valence-corrected chi connectivity index (χ1v) is 9.74. The van der Waals surface area contributed by atoms with Gasteiger partial charge in [0.25, 0.3) is 5.56 Å².